The molecule has 4 rings (SSSR count). The van der Waals surface area contributed by atoms with Crippen LogP contribution in [-0.2, 0) is 4.79 Å². The number of para-hydroxylation sites is 1. The molecule has 0 spiro atoms. The molecule has 2 amide bonds. The summed E-state index contributed by atoms with van der Waals surface area (Å²) in [5, 5.41) is 5.91. The van der Waals surface area contributed by atoms with E-state index < -0.39 is 17.6 Å². The Bertz CT molecular complexity index is 1270. The summed E-state index contributed by atoms with van der Waals surface area (Å²) < 4.78 is 29.8. The Balaban J connectivity index is 1.49. The van der Waals surface area contributed by atoms with Gasteiger partial charge in [0.05, 0.1) is 6.61 Å². The van der Waals surface area contributed by atoms with Crippen molar-refractivity contribution in [1.82, 2.24) is 0 Å². The third-order valence-electron chi connectivity index (χ3n) is 4.67. The quantitative estimate of drug-likeness (QED) is 0.385. The average molecular weight is 448 g/mol. The maximum Gasteiger partial charge on any atom is 0.293 e. The van der Waals surface area contributed by atoms with E-state index in [0.29, 0.717) is 34.8 Å². The molecule has 0 unspecified atom stereocenters. The van der Waals surface area contributed by atoms with Crippen LogP contribution in [0.5, 0.6) is 11.5 Å². The van der Waals surface area contributed by atoms with Crippen molar-refractivity contribution in [3.05, 3.63) is 84.4 Å². The van der Waals surface area contributed by atoms with Gasteiger partial charge >= 0.3 is 0 Å². The van der Waals surface area contributed by atoms with Crippen molar-refractivity contribution in [3.63, 3.8) is 0 Å². The van der Waals surface area contributed by atoms with E-state index in [9.17, 15) is 14.0 Å². The smallest absolute Gasteiger partial charge is 0.293 e. The van der Waals surface area contributed by atoms with Crippen LogP contribution in [0.3, 0.4) is 0 Å². The Morgan fingerprint density at radius 3 is 2.24 bits per heavy atom. The van der Waals surface area contributed by atoms with Crippen LogP contribution in [0.1, 0.15) is 17.5 Å². The zero-order chi connectivity index (χ0) is 23.2. The van der Waals surface area contributed by atoms with Crippen molar-refractivity contribution < 1.29 is 27.9 Å². The van der Waals surface area contributed by atoms with Gasteiger partial charge in [-0.1, -0.05) is 12.1 Å². The molecule has 0 atom stereocenters. The predicted molar refractivity (Wildman–Crippen MR) is 122 cm³/mol. The fraction of sp³-hybridized carbons (Fsp3) is 0.120. The van der Waals surface area contributed by atoms with Crippen LogP contribution in [0, 0.1) is 5.82 Å². The monoisotopic (exact) mass is 448 g/mol. The number of hydrogen-bond acceptors (Lipinski definition) is 5. The van der Waals surface area contributed by atoms with Crippen LogP contribution in [-0.4, -0.2) is 25.0 Å². The van der Waals surface area contributed by atoms with Crippen molar-refractivity contribution >= 4 is 34.2 Å². The fourth-order valence-electron chi connectivity index (χ4n) is 3.17. The second-order valence-electron chi connectivity index (χ2n) is 7.00. The number of rotatable bonds is 8. The van der Waals surface area contributed by atoms with Gasteiger partial charge in [0.1, 0.15) is 28.6 Å². The highest BCUT2D eigenvalue weighted by atomic mass is 19.1. The predicted octanol–water partition coefficient (Wildman–Crippen LogP) is 5.24. The molecule has 1 aromatic heterocycles. The van der Waals surface area contributed by atoms with Crippen LogP contribution < -0.4 is 20.1 Å². The molecular formula is C25H21FN2O5. The summed E-state index contributed by atoms with van der Waals surface area (Å²) in [5.41, 5.74) is 1.05. The van der Waals surface area contributed by atoms with E-state index in [1.165, 1.54) is 24.3 Å². The number of hydrogen-bond donors (Lipinski definition) is 2. The molecule has 0 fully saturated rings. The normalized spacial score (nSPS) is 10.6. The maximum atomic E-state index is 13.1. The van der Waals surface area contributed by atoms with E-state index >= 15 is 0 Å². The first-order valence-corrected chi connectivity index (χ1v) is 10.3. The number of carbonyl (C=O) groups is 2. The Morgan fingerprint density at radius 2 is 1.55 bits per heavy atom. The molecule has 0 aliphatic heterocycles. The molecule has 0 bridgehead atoms. The summed E-state index contributed by atoms with van der Waals surface area (Å²) in [6.45, 7) is 2.17. The molecule has 1 heterocycles. The number of halogens is 1. The molecule has 168 valence electrons. The van der Waals surface area contributed by atoms with E-state index in [0.717, 1.165) is 0 Å². The van der Waals surface area contributed by atoms with Crippen molar-refractivity contribution in [2.75, 3.05) is 23.8 Å². The molecule has 8 heteroatoms. The Morgan fingerprint density at radius 1 is 0.879 bits per heavy atom. The van der Waals surface area contributed by atoms with Crippen molar-refractivity contribution in [1.29, 1.82) is 0 Å². The molecule has 0 aliphatic rings. The SMILES string of the molecule is CCOc1ccc(OCC(=O)Nc2c(C(=O)Nc3ccc(F)cc3)oc3ccccc23)cc1. The lowest BCUT2D eigenvalue weighted by atomic mass is 10.2. The third kappa shape index (κ3) is 5.30. The zero-order valence-corrected chi connectivity index (χ0v) is 17.8. The summed E-state index contributed by atoms with van der Waals surface area (Å²) in [4.78, 5) is 25.4. The molecule has 33 heavy (non-hydrogen) atoms. The third-order valence-corrected chi connectivity index (χ3v) is 4.67. The van der Waals surface area contributed by atoms with E-state index in [-0.39, 0.29) is 18.1 Å². The topological polar surface area (TPSA) is 89.8 Å². The molecule has 7 nitrogen and oxygen atoms in total. The number of nitrogens with one attached hydrogen (secondary N) is 2. The minimum Gasteiger partial charge on any atom is -0.494 e. The Hall–Kier alpha value is -4.33. The van der Waals surface area contributed by atoms with Gasteiger partial charge in [-0.15, -0.1) is 0 Å². The van der Waals surface area contributed by atoms with E-state index in [1.807, 2.05) is 6.92 Å². The van der Waals surface area contributed by atoms with Crippen molar-refractivity contribution in [2.24, 2.45) is 0 Å². The minimum atomic E-state index is -0.583. The highest BCUT2D eigenvalue weighted by Gasteiger charge is 2.22. The lowest BCUT2D eigenvalue weighted by Crippen LogP contribution is -2.22. The first-order valence-electron chi connectivity index (χ1n) is 10.3. The van der Waals surface area contributed by atoms with Crippen LogP contribution >= 0.6 is 0 Å². The number of benzene rings is 3. The highest BCUT2D eigenvalue weighted by Crippen LogP contribution is 2.31. The number of fused-ring (bicyclic) bond motifs is 1. The summed E-state index contributed by atoms with van der Waals surface area (Å²) in [6, 6.07) is 19.2. The second-order valence-corrected chi connectivity index (χ2v) is 7.00. The van der Waals surface area contributed by atoms with Crippen LogP contribution in [0.15, 0.2) is 77.2 Å². The van der Waals surface area contributed by atoms with Gasteiger partial charge in [0.25, 0.3) is 11.8 Å². The van der Waals surface area contributed by atoms with E-state index in [1.54, 1.807) is 48.5 Å². The van der Waals surface area contributed by atoms with Gasteiger partial charge in [0.2, 0.25) is 5.76 Å². The molecule has 4 aromatic rings. The fourth-order valence-corrected chi connectivity index (χ4v) is 3.17. The molecule has 2 N–H and O–H groups in total. The number of ether oxygens (including phenoxy) is 2. The summed E-state index contributed by atoms with van der Waals surface area (Å²) in [6.07, 6.45) is 0. The summed E-state index contributed by atoms with van der Waals surface area (Å²) >= 11 is 0. The zero-order valence-electron chi connectivity index (χ0n) is 17.8. The lowest BCUT2D eigenvalue weighted by Gasteiger charge is -2.09. The molecule has 0 aliphatic carbocycles. The van der Waals surface area contributed by atoms with Gasteiger partial charge in [0, 0.05) is 11.1 Å². The number of anilines is 2. The molecule has 3 aromatic carbocycles. The molecule has 0 saturated carbocycles. The standard InChI is InChI=1S/C25H21FN2O5/c1-2-31-18-11-13-19(14-12-18)32-15-22(29)28-23-20-5-3-4-6-21(20)33-24(23)25(30)27-17-9-7-16(26)8-10-17/h3-14H,2,15H2,1H3,(H,27,30)(H,28,29). The van der Waals surface area contributed by atoms with Gasteiger partial charge in [-0.25, -0.2) is 4.39 Å². The maximum absolute atomic E-state index is 13.1. The number of carbonyl (C=O) groups excluding carboxylic acids is 2. The molecule has 0 radical (unpaired) electrons. The summed E-state index contributed by atoms with van der Waals surface area (Å²) in [5.74, 6) is -0.338. The molecule has 0 saturated heterocycles. The van der Waals surface area contributed by atoms with Gasteiger partial charge in [0.15, 0.2) is 6.61 Å². The van der Waals surface area contributed by atoms with Crippen LogP contribution in [0.4, 0.5) is 15.8 Å². The Kier molecular flexibility index (Phi) is 6.54. The van der Waals surface area contributed by atoms with Crippen LogP contribution in [0.25, 0.3) is 11.0 Å². The Labute approximate surface area is 189 Å². The van der Waals surface area contributed by atoms with Gasteiger partial charge < -0.3 is 24.5 Å². The average Bonchev–Trinajstić information content (AvgIpc) is 3.19. The van der Waals surface area contributed by atoms with Crippen molar-refractivity contribution in [3.8, 4) is 11.5 Å². The lowest BCUT2D eigenvalue weighted by molar-refractivity contribution is -0.118. The second kappa shape index (κ2) is 9.86. The first kappa shape index (κ1) is 21.9. The summed E-state index contributed by atoms with van der Waals surface area (Å²) in [7, 11) is 0. The minimum absolute atomic E-state index is 0.0741. The highest BCUT2D eigenvalue weighted by molar-refractivity contribution is 6.14. The van der Waals surface area contributed by atoms with Gasteiger partial charge in [-0.05, 0) is 67.6 Å². The largest absolute Gasteiger partial charge is 0.494 e. The first-order chi connectivity index (χ1) is 16.0. The van der Waals surface area contributed by atoms with Crippen LogP contribution in [0.2, 0.25) is 0 Å². The number of amides is 2. The van der Waals surface area contributed by atoms with E-state index in [4.69, 9.17) is 13.9 Å². The van der Waals surface area contributed by atoms with Gasteiger partial charge in [-0.2, -0.15) is 0 Å². The molecular weight excluding hydrogens is 427 g/mol. The van der Waals surface area contributed by atoms with Gasteiger partial charge in [-0.3, -0.25) is 9.59 Å². The van der Waals surface area contributed by atoms with E-state index in [2.05, 4.69) is 10.6 Å². The number of furan rings is 1. The van der Waals surface area contributed by atoms with Crippen molar-refractivity contribution in [2.45, 2.75) is 6.92 Å².